The number of thiophene rings is 1. The molecule has 0 N–H and O–H groups in total. The molecule has 156 valence electrons. The van der Waals surface area contributed by atoms with Crippen LogP contribution in [0.3, 0.4) is 0 Å². The third-order valence-electron chi connectivity index (χ3n) is 6.54. The van der Waals surface area contributed by atoms with Gasteiger partial charge in [0.2, 0.25) is 5.91 Å². The van der Waals surface area contributed by atoms with Gasteiger partial charge in [-0.3, -0.25) is 14.2 Å². The van der Waals surface area contributed by atoms with Crippen molar-refractivity contribution in [1.29, 1.82) is 0 Å². The third kappa shape index (κ3) is 3.47. The number of aryl methyl sites for hydroxylation is 2. The van der Waals surface area contributed by atoms with Gasteiger partial charge >= 0.3 is 0 Å². The topological polar surface area (TPSA) is 55.2 Å². The van der Waals surface area contributed by atoms with Crippen LogP contribution in [0.1, 0.15) is 43.0 Å². The first kappa shape index (κ1) is 19.5. The van der Waals surface area contributed by atoms with Crippen LogP contribution in [0.2, 0.25) is 0 Å². The molecule has 0 bridgehead atoms. The molecule has 6 heteroatoms. The van der Waals surface area contributed by atoms with E-state index < -0.39 is 0 Å². The number of rotatable bonds is 3. The Hall–Kier alpha value is -2.47. The summed E-state index contributed by atoms with van der Waals surface area (Å²) in [5.74, 6) is 1.28. The van der Waals surface area contributed by atoms with E-state index >= 15 is 0 Å². The zero-order valence-corrected chi connectivity index (χ0v) is 18.2. The zero-order chi connectivity index (χ0) is 20.7. The number of hydrogen-bond acceptors (Lipinski definition) is 4. The minimum absolute atomic E-state index is 0.0198. The second-order valence-electron chi connectivity index (χ2n) is 8.65. The first-order valence-electron chi connectivity index (χ1n) is 11.0. The fourth-order valence-electron chi connectivity index (χ4n) is 4.69. The monoisotopic (exact) mass is 421 g/mol. The molecule has 3 heterocycles. The van der Waals surface area contributed by atoms with Crippen LogP contribution in [0.25, 0.3) is 21.6 Å². The number of carbonyl (C=O) groups excluding carboxylic acids is 1. The predicted molar refractivity (Wildman–Crippen MR) is 121 cm³/mol. The van der Waals surface area contributed by atoms with Gasteiger partial charge in [-0.2, -0.15) is 0 Å². The van der Waals surface area contributed by atoms with Crippen LogP contribution in [0.5, 0.6) is 0 Å². The Labute approximate surface area is 180 Å². The molecule has 5 nitrogen and oxygen atoms in total. The number of benzene rings is 1. The SMILES string of the molecule is CC1CCN(C(=O)Cn2c(-c3ccccc3)nc3sc4c(c3c2=O)CCCC4)CC1. The van der Waals surface area contributed by atoms with E-state index in [0.29, 0.717) is 11.7 Å². The average molecular weight is 422 g/mol. The van der Waals surface area contributed by atoms with Gasteiger partial charge in [0.05, 0.1) is 5.39 Å². The van der Waals surface area contributed by atoms with E-state index in [0.717, 1.165) is 61.0 Å². The van der Waals surface area contributed by atoms with Crippen LogP contribution >= 0.6 is 11.3 Å². The maximum atomic E-state index is 13.7. The van der Waals surface area contributed by atoms with Crippen LogP contribution in [0, 0.1) is 5.92 Å². The van der Waals surface area contributed by atoms with Crippen LogP contribution in [-0.2, 0) is 24.2 Å². The van der Waals surface area contributed by atoms with Gasteiger partial charge in [-0.05, 0) is 50.0 Å². The van der Waals surface area contributed by atoms with Crippen molar-refractivity contribution in [3.63, 3.8) is 0 Å². The minimum atomic E-state index is -0.0584. The van der Waals surface area contributed by atoms with Crippen LogP contribution in [0.15, 0.2) is 35.1 Å². The molecule has 1 aliphatic carbocycles. The highest BCUT2D eigenvalue weighted by Crippen LogP contribution is 2.34. The van der Waals surface area contributed by atoms with Crippen molar-refractivity contribution >= 4 is 27.5 Å². The molecule has 1 aromatic carbocycles. The lowest BCUT2D eigenvalue weighted by Gasteiger charge is -2.30. The van der Waals surface area contributed by atoms with Gasteiger partial charge in [0.25, 0.3) is 5.56 Å². The minimum Gasteiger partial charge on any atom is -0.341 e. The first-order chi connectivity index (χ1) is 14.6. The van der Waals surface area contributed by atoms with Crippen molar-refractivity contribution in [3.05, 3.63) is 51.1 Å². The summed E-state index contributed by atoms with van der Waals surface area (Å²) >= 11 is 1.66. The van der Waals surface area contributed by atoms with Gasteiger partial charge in [0.15, 0.2) is 0 Å². The summed E-state index contributed by atoms with van der Waals surface area (Å²) in [6, 6.07) is 9.77. The Morgan fingerprint density at radius 1 is 1.13 bits per heavy atom. The summed E-state index contributed by atoms with van der Waals surface area (Å²) in [4.78, 5) is 35.8. The highest BCUT2D eigenvalue weighted by Gasteiger charge is 2.25. The maximum Gasteiger partial charge on any atom is 0.263 e. The molecule has 1 saturated heterocycles. The molecule has 30 heavy (non-hydrogen) atoms. The molecule has 2 aromatic heterocycles. The predicted octanol–water partition coefficient (Wildman–Crippen LogP) is 4.26. The highest BCUT2D eigenvalue weighted by atomic mass is 32.1. The number of nitrogens with zero attached hydrogens (tertiary/aromatic N) is 3. The van der Waals surface area contributed by atoms with Crippen molar-refractivity contribution in [2.24, 2.45) is 5.92 Å². The van der Waals surface area contributed by atoms with E-state index in [4.69, 9.17) is 4.98 Å². The molecular formula is C24H27N3O2S. The van der Waals surface area contributed by atoms with E-state index in [-0.39, 0.29) is 18.0 Å². The van der Waals surface area contributed by atoms with Gasteiger partial charge in [-0.25, -0.2) is 4.98 Å². The summed E-state index contributed by atoms with van der Waals surface area (Å²) < 4.78 is 1.62. The molecule has 0 saturated carbocycles. The van der Waals surface area contributed by atoms with Crippen LogP contribution in [-0.4, -0.2) is 33.4 Å². The lowest BCUT2D eigenvalue weighted by Crippen LogP contribution is -2.41. The van der Waals surface area contributed by atoms with Crippen LogP contribution < -0.4 is 5.56 Å². The van der Waals surface area contributed by atoms with Crippen molar-refractivity contribution in [2.75, 3.05) is 13.1 Å². The largest absolute Gasteiger partial charge is 0.341 e. The van der Waals surface area contributed by atoms with E-state index in [2.05, 4.69) is 6.92 Å². The summed E-state index contributed by atoms with van der Waals surface area (Å²) in [6.07, 6.45) is 6.31. The molecule has 0 atom stereocenters. The summed E-state index contributed by atoms with van der Waals surface area (Å²) in [5, 5.41) is 0.745. The molecule has 0 radical (unpaired) electrons. The van der Waals surface area contributed by atoms with E-state index in [1.807, 2.05) is 35.2 Å². The molecule has 1 amide bonds. The normalized spacial score (nSPS) is 17.3. The average Bonchev–Trinajstić information content (AvgIpc) is 3.15. The Morgan fingerprint density at radius 2 is 1.87 bits per heavy atom. The van der Waals surface area contributed by atoms with Gasteiger partial charge in [-0.1, -0.05) is 37.3 Å². The Bertz CT molecular complexity index is 1140. The Morgan fingerprint density at radius 3 is 2.63 bits per heavy atom. The molecule has 1 aliphatic heterocycles. The zero-order valence-electron chi connectivity index (χ0n) is 17.4. The van der Waals surface area contributed by atoms with Gasteiger partial charge in [0.1, 0.15) is 17.2 Å². The standard InChI is InChI=1S/C24H27N3O2S/c1-16-11-13-26(14-12-16)20(28)15-27-22(17-7-3-2-4-8-17)25-23-21(24(27)29)18-9-5-6-10-19(18)30-23/h2-4,7-8,16H,5-6,9-15H2,1H3. The van der Waals surface area contributed by atoms with E-state index in [9.17, 15) is 9.59 Å². The Balaban J connectivity index is 1.62. The molecule has 5 rings (SSSR count). The highest BCUT2D eigenvalue weighted by molar-refractivity contribution is 7.18. The van der Waals surface area contributed by atoms with Crippen molar-refractivity contribution in [1.82, 2.24) is 14.5 Å². The van der Waals surface area contributed by atoms with Crippen LogP contribution in [0.4, 0.5) is 0 Å². The van der Waals surface area contributed by atoms with Gasteiger partial charge in [-0.15, -0.1) is 11.3 Å². The Kier molecular flexibility index (Phi) is 5.19. The summed E-state index contributed by atoms with van der Waals surface area (Å²) in [5.41, 5.74) is 1.99. The number of likely N-dealkylation sites (tertiary alicyclic amines) is 1. The molecule has 1 fully saturated rings. The molecular weight excluding hydrogens is 394 g/mol. The van der Waals surface area contributed by atoms with Gasteiger partial charge < -0.3 is 4.90 Å². The number of amides is 1. The molecule has 0 unspecified atom stereocenters. The van der Waals surface area contributed by atoms with Crippen molar-refractivity contribution in [2.45, 2.75) is 52.0 Å². The van der Waals surface area contributed by atoms with E-state index in [1.165, 1.54) is 16.9 Å². The molecule has 0 spiro atoms. The fourth-order valence-corrected chi connectivity index (χ4v) is 5.94. The number of piperidine rings is 1. The number of hydrogen-bond donors (Lipinski definition) is 0. The van der Waals surface area contributed by atoms with Crippen molar-refractivity contribution < 1.29 is 4.79 Å². The number of aromatic nitrogens is 2. The second kappa shape index (κ2) is 7.99. The van der Waals surface area contributed by atoms with E-state index in [1.54, 1.807) is 15.9 Å². The molecule has 2 aliphatic rings. The lowest BCUT2D eigenvalue weighted by atomic mass is 9.97. The van der Waals surface area contributed by atoms with Crippen molar-refractivity contribution in [3.8, 4) is 11.4 Å². The van der Waals surface area contributed by atoms with Gasteiger partial charge in [0, 0.05) is 23.5 Å². The fraction of sp³-hybridized carbons (Fsp3) is 0.458. The smallest absolute Gasteiger partial charge is 0.263 e. The summed E-state index contributed by atoms with van der Waals surface area (Å²) in [7, 11) is 0. The second-order valence-corrected chi connectivity index (χ2v) is 9.73. The first-order valence-corrected chi connectivity index (χ1v) is 11.8. The number of carbonyl (C=O) groups is 1. The summed E-state index contributed by atoms with van der Waals surface area (Å²) in [6.45, 7) is 3.85. The maximum absolute atomic E-state index is 13.7. The lowest BCUT2D eigenvalue weighted by molar-refractivity contribution is -0.133. The molecule has 3 aromatic rings. The quantitative estimate of drug-likeness (QED) is 0.635. The number of fused-ring (bicyclic) bond motifs is 3. The third-order valence-corrected chi connectivity index (χ3v) is 7.72.